The minimum absolute atomic E-state index is 0.0311. The van der Waals surface area contributed by atoms with Gasteiger partial charge < -0.3 is 0 Å². The number of fused-ring (bicyclic) bond motifs is 1. The quantitative estimate of drug-likeness (QED) is 0.630. The maximum atomic E-state index is 13.0. The van der Waals surface area contributed by atoms with Gasteiger partial charge in [0.15, 0.2) is 0 Å². The van der Waals surface area contributed by atoms with Gasteiger partial charge in [-0.1, -0.05) is 72.7 Å². The molecule has 0 fully saturated rings. The molecule has 0 atom stereocenters. The second-order valence-corrected chi connectivity index (χ2v) is 7.30. The van der Waals surface area contributed by atoms with Gasteiger partial charge in [0.1, 0.15) is 0 Å². The number of rotatable bonds is 4. The van der Waals surface area contributed by atoms with Gasteiger partial charge in [-0.05, 0) is 31.4 Å². The Kier molecular flexibility index (Phi) is 4.53. The summed E-state index contributed by atoms with van der Waals surface area (Å²) in [5.41, 5.74) is 8.73. The molecule has 1 aliphatic rings. The summed E-state index contributed by atoms with van der Waals surface area (Å²) in [5, 5.41) is 4.79. The normalized spacial score (nSPS) is 13.8. The zero-order valence-corrected chi connectivity index (χ0v) is 16.1. The Labute approximate surface area is 160 Å². The number of aryl methyl sites for hydroxylation is 1. The predicted molar refractivity (Wildman–Crippen MR) is 109 cm³/mol. The Morgan fingerprint density at radius 2 is 1.70 bits per heavy atom. The Balaban J connectivity index is 1.86. The smallest absolute Gasteiger partial charge is 0.267 e. The summed E-state index contributed by atoms with van der Waals surface area (Å²) in [5.74, 6) is 0.0311. The Morgan fingerprint density at radius 1 is 1.00 bits per heavy atom. The number of carbonyl (C=O) groups excluding carboxylic acids is 1. The van der Waals surface area contributed by atoms with Crippen LogP contribution in [0.4, 0.5) is 0 Å². The molecule has 3 heteroatoms. The Hall–Kier alpha value is -2.94. The van der Waals surface area contributed by atoms with Gasteiger partial charge in [0.25, 0.3) is 5.91 Å². The van der Waals surface area contributed by atoms with Crippen LogP contribution in [0.25, 0.3) is 11.1 Å². The summed E-state index contributed by atoms with van der Waals surface area (Å²) in [4.78, 5) is 13.0. The van der Waals surface area contributed by atoms with Gasteiger partial charge in [-0.15, -0.1) is 0 Å². The van der Waals surface area contributed by atoms with E-state index in [1.165, 1.54) is 11.1 Å². The molecule has 0 N–H and O–H groups in total. The van der Waals surface area contributed by atoms with E-state index in [2.05, 4.69) is 50.2 Å². The first-order valence-electron chi connectivity index (χ1n) is 9.53. The molecule has 0 saturated heterocycles. The van der Waals surface area contributed by atoms with Gasteiger partial charge in [0.05, 0.1) is 11.4 Å². The van der Waals surface area contributed by atoms with Crippen molar-refractivity contribution in [2.45, 2.75) is 40.0 Å². The predicted octanol–water partition coefficient (Wildman–Crippen LogP) is 5.37. The molecular formula is C24H24N2O. The molecule has 0 aliphatic carbocycles. The fourth-order valence-corrected chi connectivity index (χ4v) is 3.92. The van der Waals surface area contributed by atoms with E-state index in [4.69, 9.17) is 5.10 Å². The Bertz CT molecular complexity index is 1020. The van der Waals surface area contributed by atoms with E-state index in [-0.39, 0.29) is 5.91 Å². The molecule has 0 amide bonds. The molecule has 4 rings (SSSR count). The van der Waals surface area contributed by atoms with Crippen molar-refractivity contribution in [2.24, 2.45) is 0 Å². The summed E-state index contributed by atoms with van der Waals surface area (Å²) in [7, 11) is 0. The van der Waals surface area contributed by atoms with Crippen LogP contribution in [-0.2, 0) is 12.8 Å². The third-order valence-corrected chi connectivity index (χ3v) is 5.36. The van der Waals surface area contributed by atoms with Gasteiger partial charge in [-0.25, -0.2) is 0 Å². The van der Waals surface area contributed by atoms with Crippen LogP contribution in [0.1, 0.15) is 47.6 Å². The molecule has 0 saturated carbocycles. The largest absolute Gasteiger partial charge is 0.274 e. The van der Waals surface area contributed by atoms with Crippen LogP contribution < -0.4 is 0 Å². The van der Waals surface area contributed by atoms with Crippen LogP contribution in [0.3, 0.4) is 0 Å². The lowest BCUT2D eigenvalue weighted by atomic mass is 9.92. The van der Waals surface area contributed by atoms with Crippen molar-refractivity contribution in [3.8, 4) is 11.1 Å². The van der Waals surface area contributed by atoms with Gasteiger partial charge in [-0.3, -0.25) is 4.79 Å². The summed E-state index contributed by atoms with van der Waals surface area (Å²) < 4.78 is 1.65. The van der Waals surface area contributed by atoms with Crippen LogP contribution in [-0.4, -0.2) is 15.7 Å². The molecule has 2 aromatic carbocycles. The fourth-order valence-electron chi connectivity index (χ4n) is 3.92. The standard InChI is InChI=1S/C24H24N2O/c1-4-20-17(3)14-22-23(19-8-6-5-7-9-19)21(25-26(22)24(20)27)15-18-12-10-16(2)11-13-18/h5-13H,4,14-15H2,1-3H3. The van der Waals surface area contributed by atoms with E-state index in [9.17, 15) is 4.79 Å². The molecule has 0 bridgehead atoms. The first-order valence-corrected chi connectivity index (χ1v) is 9.53. The van der Waals surface area contributed by atoms with Gasteiger partial charge >= 0.3 is 0 Å². The SMILES string of the molecule is CCC1=C(C)Cc2c(-c3ccccc3)c(Cc3ccc(C)cc3)nn2C1=O. The maximum Gasteiger partial charge on any atom is 0.274 e. The number of allylic oxidation sites excluding steroid dienone is 2. The molecule has 1 aliphatic heterocycles. The zero-order valence-electron chi connectivity index (χ0n) is 16.1. The van der Waals surface area contributed by atoms with Crippen LogP contribution in [0.2, 0.25) is 0 Å². The second-order valence-electron chi connectivity index (χ2n) is 7.30. The van der Waals surface area contributed by atoms with Crippen LogP contribution in [0, 0.1) is 6.92 Å². The van der Waals surface area contributed by atoms with E-state index < -0.39 is 0 Å². The number of benzene rings is 2. The first kappa shape index (κ1) is 17.5. The lowest BCUT2D eigenvalue weighted by Gasteiger charge is -2.18. The van der Waals surface area contributed by atoms with Crippen LogP contribution in [0.15, 0.2) is 65.7 Å². The molecule has 0 spiro atoms. The number of carbonyl (C=O) groups is 1. The van der Waals surface area contributed by atoms with E-state index in [0.29, 0.717) is 0 Å². The molecule has 0 unspecified atom stereocenters. The fraction of sp³-hybridized carbons (Fsp3) is 0.250. The molecule has 3 aromatic rings. The van der Waals surface area contributed by atoms with Crippen molar-refractivity contribution < 1.29 is 4.79 Å². The van der Waals surface area contributed by atoms with E-state index in [0.717, 1.165) is 52.9 Å². The van der Waals surface area contributed by atoms with Crippen molar-refractivity contribution in [1.29, 1.82) is 0 Å². The average molecular weight is 356 g/mol. The summed E-state index contributed by atoms with van der Waals surface area (Å²) in [6, 6.07) is 18.9. The minimum atomic E-state index is 0.0311. The van der Waals surface area contributed by atoms with Crippen molar-refractivity contribution in [2.75, 3.05) is 0 Å². The van der Waals surface area contributed by atoms with E-state index >= 15 is 0 Å². The van der Waals surface area contributed by atoms with Crippen molar-refractivity contribution >= 4 is 5.91 Å². The van der Waals surface area contributed by atoms with Crippen molar-refractivity contribution in [3.63, 3.8) is 0 Å². The van der Waals surface area contributed by atoms with Crippen LogP contribution in [0.5, 0.6) is 0 Å². The first-order chi connectivity index (χ1) is 13.1. The van der Waals surface area contributed by atoms with Crippen molar-refractivity contribution in [1.82, 2.24) is 9.78 Å². The van der Waals surface area contributed by atoms with Gasteiger partial charge in [-0.2, -0.15) is 9.78 Å². The molecular weight excluding hydrogens is 332 g/mol. The average Bonchev–Trinajstić information content (AvgIpc) is 3.03. The Morgan fingerprint density at radius 3 is 2.37 bits per heavy atom. The molecule has 27 heavy (non-hydrogen) atoms. The third-order valence-electron chi connectivity index (χ3n) is 5.36. The highest BCUT2D eigenvalue weighted by Crippen LogP contribution is 2.34. The zero-order chi connectivity index (χ0) is 19.0. The molecule has 3 nitrogen and oxygen atoms in total. The van der Waals surface area contributed by atoms with Gasteiger partial charge in [0, 0.05) is 24.0 Å². The molecule has 136 valence electrons. The highest BCUT2D eigenvalue weighted by molar-refractivity contribution is 5.98. The topological polar surface area (TPSA) is 34.9 Å². The van der Waals surface area contributed by atoms with E-state index in [1.54, 1.807) is 4.68 Å². The molecule has 0 radical (unpaired) electrons. The number of aromatic nitrogens is 2. The number of hydrogen-bond acceptors (Lipinski definition) is 2. The minimum Gasteiger partial charge on any atom is -0.267 e. The number of nitrogens with zero attached hydrogens (tertiary/aromatic N) is 2. The van der Waals surface area contributed by atoms with E-state index in [1.807, 2.05) is 25.1 Å². The lowest BCUT2D eigenvalue weighted by molar-refractivity contribution is 0.0927. The van der Waals surface area contributed by atoms with Crippen LogP contribution >= 0.6 is 0 Å². The highest BCUT2D eigenvalue weighted by atomic mass is 16.2. The van der Waals surface area contributed by atoms with Gasteiger partial charge in [0.2, 0.25) is 0 Å². The van der Waals surface area contributed by atoms with Crippen molar-refractivity contribution in [3.05, 3.63) is 88.3 Å². The summed E-state index contributed by atoms with van der Waals surface area (Å²) >= 11 is 0. The lowest BCUT2D eigenvalue weighted by Crippen LogP contribution is -2.23. The molecule has 1 aromatic heterocycles. The maximum absolute atomic E-state index is 13.0. The third kappa shape index (κ3) is 3.14. The highest BCUT2D eigenvalue weighted by Gasteiger charge is 2.29. The monoisotopic (exact) mass is 356 g/mol. The summed E-state index contributed by atoms with van der Waals surface area (Å²) in [6.45, 7) is 6.20. The number of hydrogen-bond donors (Lipinski definition) is 0. The second kappa shape index (κ2) is 6.99. The summed E-state index contributed by atoms with van der Waals surface area (Å²) in [6.07, 6.45) is 2.25. The molecule has 2 heterocycles.